The largest absolute Gasteiger partial charge is 0.414 e. The molecule has 0 bridgehead atoms. The molecule has 0 aliphatic heterocycles. The van der Waals surface area contributed by atoms with Crippen LogP contribution in [0.4, 0.5) is 5.82 Å². The van der Waals surface area contributed by atoms with Crippen molar-refractivity contribution in [3.05, 3.63) is 60.3 Å². The quantitative estimate of drug-likeness (QED) is 0.244. The number of likely N-dealkylation sites (N-methyl/N-ethyl adjacent to an activating group) is 1. The molecular weight excluding hydrogens is 458 g/mol. The van der Waals surface area contributed by atoms with Crippen LogP contribution in [-0.2, 0) is 6.54 Å². The van der Waals surface area contributed by atoms with Crippen LogP contribution in [0.3, 0.4) is 0 Å². The monoisotopic (exact) mass is 489 g/mol. The van der Waals surface area contributed by atoms with E-state index in [1.807, 2.05) is 36.0 Å². The lowest BCUT2D eigenvalue weighted by atomic mass is 10.1. The van der Waals surface area contributed by atoms with E-state index in [2.05, 4.69) is 82.6 Å². The molecule has 0 radical (unpaired) electrons. The molecule has 0 unspecified atom stereocenters. The second-order valence-electron chi connectivity index (χ2n) is 8.77. The number of nitrogens with zero attached hydrogens (tertiary/aromatic N) is 5. The van der Waals surface area contributed by atoms with Gasteiger partial charge in [0.2, 0.25) is 5.89 Å². The highest BCUT2D eigenvalue weighted by molar-refractivity contribution is 7.99. The number of anilines is 1. The molecule has 0 saturated carbocycles. The van der Waals surface area contributed by atoms with Crippen molar-refractivity contribution >= 4 is 17.6 Å². The molecule has 4 rings (SSSR count). The van der Waals surface area contributed by atoms with E-state index in [-0.39, 0.29) is 11.7 Å². The summed E-state index contributed by atoms with van der Waals surface area (Å²) in [6, 6.07) is 16.3. The molecule has 0 saturated heterocycles. The van der Waals surface area contributed by atoms with Gasteiger partial charge in [0.15, 0.2) is 11.5 Å². The number of nitrogens with two attached hydrogens (primary N) is 1. The Morgan fingerprint density at radius 3 is 2.34 bits per heavy atom. The maximum absolute atomic E-state index is 6.11. The molecule has 182 valence electrons. The van der Waals surface area contributed by atoms with Gasteiger partial charge < -0.3 is 20.4 Å². The molecule has 0 atom stereocenters. The van der Waals surface area contributed by atoms with Gasteiger partial charge >= 0.3 is 0 Å². The van der Waals surface area contributed by atoms with Crippen LogP contribution in [0.1, 0.15) is 19.4 Å². The fourth-order valence-corrected chi connectivity index (χ4v) is 4.25. The topological polar surface area (TPSA) is 106 Å². The molecule has 0 spiro atoms. The molecule has 8 nitrogen and oxygen atoms in total. The Morgan fingerprint density at radius 2 is 1.66 bits per heavy atom. The third-order valence-corrected chi connectivity index (χ3v) is 6.23. The molecule has 3 N–H and O–H groups in total. The van der Waals surface area contributed by atoms with Crippen molar-refractivity contribution in [2.45, 2.75) is 30.5 Å². The Kier molecular flexibility index (Phi) is 8.12. The zero-order valence-corrected chi connectivity index (χ0v) is 21.3. The van der Waals surface area contributed by atoms with E-state index in [0.29, 0.717) is 22.5 Å². The fraction of sp³-hybridized carbons (Fsp3) is 0.308. The number of rotatable bonds is 10. The molecule has 0 amide bonds. The highest BCUT2D eigenvalue weighted by atomic mass is 32.2. The van der Waals surface area contributed by atoms with Gasteiger partial charge in [0.05, 0.1) is 11.9 Å². The zero-order chi connectivity index (χ0) is 24.8. The molecule has 2 aromatic heterocycles. The van der Waals surface area contributed by atoms with E-state index < -0.39 is 0 Å². The van der Waals surface area contributed by atoms with Gasteiger partial charge in [0.1, 0.15) is 0 Å². The van der Waals surface area contributed by atoms with Crippen molar-refractivity contribution in [3.63, 3.8) is 0 Å². The van der Waals surface area contributed by atoms with E-state index in [1.54, 1.807) is 6.20 Å². The summed E-state index contributed by atoms with van der Waals surface area (Å²) in [5.74, 6) is 0.900. The van der Waals surface area contributed by atoms with Crippen molar-refractivity contribution in [1.29, 1.82) is 0 Å². The van der Waals surface area contributed by atoms with Crippen molar-refractivity contribution in [3.8, 4) is 34.3 Å². The van der Waals surface area contributed by atoms with Crippen LogP contribution in [-0.4, -0.2) is 57.5 Å². The van der Waals surface area contributed by atoms with Crippen molar-refractivity contribution < 1.29 is 4.42 Å². The Labute approximate surface area is 210 Å². The Hall–Kier alpha value is -3.27. The van der Waals surface area contributed by atoms with E-state index in [4.69, 9.17) is 10.2 Å². The van der Waals surface area contributed by atoms with E-state index in [0.717, 1.165) is 30.8 Å². The normalized spacial score (nSPS) is 11.5. The van der Waals surface area contributed by atoms with Gasteiger partial charge in [-0.05, 0) is 43.9 Å². The first-order valence-corrected chi connectivity index (χ1v) is 12.5. The third-order valence-electron chi connectivity index (χ3n) is 5.22. The van der Waals surface area contributed by atoms with Crippen LogP contribution in [0, 0.1) is 0 Å². The average molecular weight is 490 g/mol. The van der Waals surface area contributed by atoms with Gasteiger partial charge in [-0.25, -0.2) is 9.97 Å². The Balaban J connectivity index is 1.48. The van der Waals surface area contributed by atoms with Crippen LogP contribution < -0.4 is 11.1 Å². The van der Waals surface area contributed by atoms with Crippen LogP contribution in [0.2, 0.25) is 0 Å². The SMILES string of the molecule is CC(C)Sc1ccc(-c2cnc(N)c(-c3nnc(-c4ccc(CNCCN(C)C)cc4)o3)n2)cc1. The summed E-state index contributed by atoms with van der Waals surface area (Å²) >= 11 is 1.82. The van der Waals surface area contributed by atoms with Gasteiger partial charge in [0.25, 0.3) is 5.89 Å². The predicted octanol–water partition coefficient (Wildman–Crippen LogP) is 4.59. The molecule has 0 aliphatic rings. The van der Waals surface area contributed by atoms with Crippen LogP contribution in [0.5, 0.6) is 0 Å². The molecule has 2 aromatic carbocycles. The van der Waals surface area contributed by atoms with E-state index in [1.165, 1.54) is 10.5 Å². The Bertz CT molecular complexity index is 1240. The first kappa shape index (κ1) is 24.8. The molecule has 0 fully saturated rings. The lowest BCUT2D eigenvalue weighted by molar-refractivity contribution is 0.400. The van der Waals surface area contributed by atoms with Crippen LogP contribution in [0.15, 0.2) is 64.0 Å². The first-order valence-electron chi connectivity index (χ1n) is 11.6. The average Bonchev–Trinajstić information content (AvgIpc) is 3.33. The van der Waals surface area contributed by atoms with E-state index in [9.17, 15) is 0 Å². The summed E-state index contributed by atoms with van der Waals surface area (Å²) in [7, 11) is 4.13. The standard InChI is InChI=1S/C26H31N7OS/c1-17(2)35-21-11-9-19(10-12-21)22-16-29-24(27)23(30-22)26-32-31-25(34-26)20-7-5-18(6-8-20)15-28-13-14-33(3)4/h5-12,16-17,28H,13-15H2,1-4H3,(H2,27,29). The molecule has 2 heterocycles. The lowest BCUT2D eigenvalue weighted by Crippen LogP contribution is -2.26. The summed E-state index contributed by atoms with van der Waals surface area (Å²) < 4.78 is 5.93. The van der Waals surface area contributed by atoms with Gasteiger partial charge in [-0.2, -0.15) is 0 Å². The van der Waals surface area contributed by atoms with Crippen LogP contribution in [0.25, 0.3) is 34.3 Å². The van der Waals surface area contributed by atoms with Crippen LogP contribution >= 0.6 is 11.8 Å². The zero-order valence-electron chi connectivity index (χ0n) is 20.5. The highest BCUT2D eigenvalue weighted by Gasteiger charge is 2.17. The summed E-state index contributed by atoms with van der Waals surface area (Å²) in [6.07, 6.45) is 1.66. The van der Waals surface area contributed by atoms with Gasteiger partial charge in [-0.1, -0.05) is 38.1 Å². The number of nitrogens with one attached hydrogen (secondary N) is 1. The summed E-state index contributed by atoms with van der Waals surface area (Å²) in [4.78, 5) is 12.4. The molecule has 4 aromatic rings. The van der Waals surface area contributed by atoms with Gasteiger partial charge in [-0.15, -0.1) is 22.0 Å². The first-order chi connectivity index (χ1) is 16.9. The smallest absolute Gasteiger partial charge is 0.270 e. The summed E-state index contributed by atoms with van der Waals surface area (Å²) in [5, 5.41) is 12.3. The van der Waals surface area contributed by atoms with Crippen molar-refractivity contribution in [2.24, 2.45) is 0 Å². The van der Waals surface area contributed by atoms with Gasteiger partial charge in [0, 0.05) is 40.9 Å². The van der Waals surface area contributed by atoms with E-state index >= 15 is 0 Å². The predicted molar refractivity (Wildman–Crippen MR) is 142 cm³/mol. The number of hydrogen-bond donors (Lipinski definition) is 2. The molecular formula is C26H31N7OS. The minimum absolute atomic E-state index is 0.244. The maximum atomic E-state index is 6.11. The minimum Gasteiger partial charge on any atom is -0.414 e. The Morgan fingerprint density at radius 1 is 0.971 bits per heavy atom. The molecule has 35 heavy (non-hydrogen) atoms. The number of thioether (sulfide) groups is 1. The van der Waals surface area contributed by atoms with Crippen molar-refractivity contribution in [2.75, 3.05) is 32.9 Å². The lowest BCUT2D eigenvalue weighted by Gasteiger charge is -2.10. The molecule has 9 heteroatoms. The third kappa shape index (κ3) is 6.66. The summed E-state index contributed by atoms with van der Waals surface area (Å²) in [6.45, 7) is 7.09. The maximum Gasteiger partial charge on any atom is 0.270 e. The van der Waals surface area contributed by atoms with Gasteiger partial charge in [-0.3, -0.25) is 0 Å². The second kappa shape index (κ2) is 11.4. The number of aromatic nitrogens is 4. The minimum atomic E-state index is 0.244. The van der Waals surface area contributed by atoms with Crippen molar-refractivity contribution in [1.82, 2.24) is 30.4 Å². The highest BCUT2D eigenvalue weighted by Crippen LogP contribution is 2.29. The number of nitrogen functional groups attached to an aromatic ring is 1. The number of benzene rings is 2. The summed E-state index contributed by atoms with van der Waals surface area (Å²) in [5.41, 5.74) is 10.2. The molecule has 0 aliphatic carbocycles. The fourth-order valence-electron chi connectivity index (χ4n) is 3.41. The number of hydrogen-bond acceptors (Lipinski definition) is 9. The second-order valence-corrected chi connectivity index (χ2v) is 10.4.